The van der Waals surface area contributed by atoms with Crippen molar-refractivity contribution in [2.75, 3.05) is 0 Å². The van der Waals surface area contributed by atoms with Crippen LogP contribution in [0.25, 0.3) is 0 Å². The lowest BCUT2D eigenvalue weighted by Crippen LogP contribution is -2.39. The summed E-state index contributed by atoms with van der Waals surface area (Å²) in [5.74, 6) is -4.94. The molecule has 1 rings (SSSR count). The topological polar surface area (TPSA) is 18.5 Å². The molecule has 2 unspecified atom stereocenters. The highest BCUT2D eigenvalue weighted by molar-refractivity contribution is 7.79. The van der Waals surface area contributed by atoms with E-state index in [0.29, 0.717) is 0 Å². The Kier molecular flexibility index (Phi) is 1.36. The minimum Gasteiger partial charge on any atom is -0.412 e. The second kappa shape index (κ2) is 1.78. The fourth-order valence-electron chi connectivity index (χ4n) is 0.516. The fourth-order valence-corrected chi connectivity index (χ4v) is 0.829. The van der Waals surface area contributed by atoms with Gasteiger partial charge in [-0.1, -0.05) is 0 Å². The van der Waals surface area contributed by atoms with Crippen molar-refractivity contribution < 1.29 is 18.3 Å². The van der Waals surface area contributed by atoms with Crippen LogP contribution >= 0.6 is 12.2 Å². The van der Waals surface area contributed by atoms with E-state index < -0.39 is 16.9 Å². The van der Waals surface area contributed by atoms with Crippen molar-refractivity contribution in [1.29, 1.82) is 0 Å². The summed E-state index contributed by atoms with van der Waals surface area (Å²) in [4.78, 5) is 0. The fraction of sp³-hybridized carbons (Fsp3) is 0.800. The van der Waals surface area contributed by atoms with Gasteiger partial charge in [-0.15, -0.1) is 0 Å². The average molecular weight is 168 g/mol. The molecule has 1 fully saturated rings. The third kappa shape index (κ3) is 0.941. The first-order valence-electron chi connectivity index (χ1n) is 2.65. The van der Waals surface area contributed by atoms with E-state index >= 15 is 0 Å². The first-order chi connectivity index (χ1) is 4.35. The Morgan fingerprint density at radius 1 is 1.20 bits per heavy atom. The molecule has 1 heterocycles. The van der Waals surface area contributed by atoms with Gasteiger partial charge in [0.2, 0.25) is 0 Å². The molecule has 0 saturated carbocycles. The number of hydrogen-bond acceptors (Lipinski definition) is 3. The van der Waals surface area contributed by atoms with Crippen LogP contribution in [0.4, 0.5) is 8.78 Å². The van der Waals surface area contributed by atoms with Gasteiger partial charge in [-0.05, 0) is 0 Å². The molecule has 1 aliphatic heterocycles. The summed E-state index contributed by atoms with van der Waals surface area (Å²) in [6.07, 6.45) is 0. The highest BCUT2D eigenvalue weighted by Gasteiger charge is 2.58. The average Bonchev–Trinajstić information content (AvgIpc) is 1.73. The molecular weight excluding hydrogens is 162 g/mol. The maximum atomic E-state index is 12.8. The van der Waals surface area contributed by atoms with Gasteiger partial charge in [-0.3, -0.25) is 0 Å². The molecule has 0 aliphatic carbocycles. The number of alkyl halides is 2. The van der Waals surface area contributed by atoms with E-state index in [-0.39, 0.29) is 0 Å². The zero-order chi connectivity index (χ0) is 7.99. The monoisotopic (exact) mass is 168 g/mol. The quantitative estimate of drug-likeness (QED) is 0.513. The number of ether oxygens (including phenoxy) is 2. The minimum atomic E-state index is -2.47. The second-order valence-corrected chi connectivity index (χ2v) is 2.62. The Morgan fingerprint density at radius 3 is 1.60 bits per heavy atom. The van der Waals surface area contributed by atoms with Gasteiger partial charge in [0.1, 0.15) is 0 Å². The third-order valence-electron chi connectivity index (χ3n) is 1.35. The molecule has 0 aromatic rings. The number of halogens is 2. The standard InChI is InChI=1S/C5H6F2O2S/c1-4(6)5(2,7)9-3(10)8-4/h1-2H3. The van der Waals surface area contributed by atoms with E-state index in [2.05, 4.69) is 21.7 Å². The van der Waals surface area contributed by atoms with Crippen molar-refractivity contribution >= 4 is 17.5 Å². The van der Waals surface area contributed by atoms with Crippen molar-refractivity contribution in [2.24, 2.45) is 0 Å². The van der Waals surface area contributed by atoms with Crippen LogP contribution in [-0.2, 0) is 9.47 Å². The SMILES string of the molecule is CC1(F)OC(=S)OC1(C)F. The Balaban J connectivity index is 2.88. The molecule has 2 nitrogen and oxygen atoms in total. The van der Waals surface area contributed by atoms with E-state index in [1.807, 2.05) is 0 Å². The zero-order valence-electron chi connectivity index (χ0n) is 5.48. The van der Waals surface area contributed by atoms with Gasteiger partial charge in [-0.2, -0.15) is 8.78 Å². The van der Waals surface area contributed by atoms with Crippen LogP contribution in [0.15, 0.2) is 0 Å². The van der Waals surface area contributed by atoms with E-state index in [9.17, 15) is 8.78 Å². The van der Waals surface area contributed by atoms with Gasteiger partial charge in [0.25, 0.3) is 0 Å². The highest BCUT2D eigenvalue weighted by Crippen LogP contribution is 2.38. The van der Waals surface area contributed by atoms with Crippen LogP contribution in [-0.4, -0.2) is 16.9 Å². The van der Waals surface area contributed by atoms with Crippen molar-refractivity contribution in [3.05, 3.63) is 0 Å². The van der Waals surface area contributed by atoms with Gasteiger partial charge in [-0.25, -0.2) is 0 Å². The molecule has 0 amide bonds. The van der Waals surface area contributed by atoms with Gasteiger partial charge < -0.3 is 9.47 Å². The Morgan fingerprint density at radius 2 is 1.50 bits per heavy atom. The highest BCUT2D eigenvalue weighted by atomic mass is 32.1. The normalized spacial score (nSPS) is 46.6. The molecule has 0 spiro atoms. The van der Waals surface area contributed by atoms with E-state index in [4.69, 9.17) is 0 Å². The summed E-state index contributed by atoms with van der Waals surface area (Å²) in [5.41, 5.74) is 0. The molecule has 1 aliphatic rings. The van der Waals surface area contributed by atoms with Gasteiger partial charge in [0.15, 0.2) is 0 Å². The number of rotatable bonds is 0. The zero-order valence-corrected chi connectivity index (χ0v) is 6.30. The smallest absolute Gasteiger partial charge is 0.358 e. The van der Waals surface area contributed by atoms with Gasteiger partial charge in [0.05, 0.1) is 0 Å². The van der Waals surface area contributed by atoms with Crippen LogP contribution in [0, 0.1) is 0 Å². The molecule has 0 radical (unpaired) electrons. The molecule has 2 atom stereocenters. The summed E-state index contributed by atoms with van der Waals surface area (Å²) in [5, 5.41) is -0.491. The van der Waals surface area contributed by atoms with E-state index in [0.717, 1.165) is 13.8 Å². The van der Waals surface area contributed by atoms with Crippen molar-refractivity contribution in [3.63, 3.8) is 0 Å². The van der Waals surface area contributed by atoms with Crippen molar-refractivity contribution in [1.82, 2.24) is 0 Å². The van der Waals surface area contributed by atoms with Gasteiger partial charge in [0, 0.05) is 26.1 Å². The Hall–Kier alpha value is -0.450. The Labute approximate surface area is 62.1 Å². The van der Waals surface area contributed by atoms with Crippen LogP contribution in [0.2, 0.25) is 0 Å². The summed E-state index contributed by atoms with van der Waals surface area (Å²) in [7, 11) is 0. The van der Waals surface area contributed by atoms with E-state index in [1.165, 1.54) is 0 Å². The molecular formula is C5H6F2O2S. The predicted octanol–water partition coefficient (Wildman–Crippen LogP) is 1.69. The summed E-state index contributed by atoms with van der Waals surface area (Å²) < 4.78 is 34.1. The van der Waals surface area contributed by atoms with Crippen LogP contribution in [0.3, 0.4) is 0 Å². The predicted molar refractivity (Wildman–Crippen MR) is 33.8 cm³/mol. The molecule has 10 heavy (non-hydrogen) atoms. The minimum absolute atomic E-state index is 0.491. The maximum absolute atomic E-state index is 12.8. The molecule has 58 valence electrons. The first-order valence-corrected chi connectivity index (χ1v) is 3.06. The molecule has 1 saturated heterocycles. The first kappa shape index (κ1) is 7.65. The maximum Gasteiger partial charge on any atom is 0.358 e. The van der Waals surface area contributed by atoms with Crippen LogP contribution in [0.5, 0.6) is 0 Å². The van der Waals surface area contributed by atoms with Gasteiger partial charge >= 0.3 is 16.9 Å². The number of thiocarbonyl (C=S) groups is 1. The second-order valence-electron chi connectivity index (χ2n) is 2.29. The molecule has 5 heteroatoms. The molecule has 0 bridgehead atoms. The van der Waals surface area contributed by atoms with Crippen LogP contribution < -0.4 is 0 Å². The molecule has 0 aromatic heterocycles. The van der Waals surface area contributed by atoms with Crippen molar-refractivity contribution in [3.8, 4) is 0 Å². The summed E-state index contributed by atoms with van der Waals surface area (Å²) in [6.45, 7) is 1.85. The molecule has 0 aromatic carbocycles. The summed E-state index contributed by atoms with van der Waals surface area (Å²) >= 11 is 4.29. The van der Waals surface area contributed by atoms with E-state index in [1.54, 1.807) is 0 Å². The van der Waals surface area contributed by atoms with Crippen LogP contribution in [0.1, 0.15) is 13.8 Å². The third-order valence-corrected chi connectivity index (χ3v) is 1.51. The molecule has 0 N–H and O–H groups in total. The van der Waals surface area contributed by atoms with Crippen molar-refractivity contribution in [2.45, 2.75) is 25.6 Å². The summed E-state index contributed by atoms with van der Waals surface area (Å²) in [6, 6.07) is 0. The lowest BCUT2D eigenvalue weighted by molar-refractivity contribution is -0.191. The lowest BCUT2D eigenvalue weighted by atomic mass is 10.2. The Bertz CT molecular complexity index is 160. The largest absolute Gasteiger partial charge is 0.412 e. The lowest BCUT2D eigenvalue weighted by Gasteiger charge is -2.19. The number of hydrogen-bond donors (Lipinski definition) is 0.